The van der Waals surface area contributed by atoms with Gasteiger partial charge in [-0.25, -0.2) is 0 Å². The van der Waals surface area contributed by atoms with Crippen molar-refractivity contribution >= 4 is 52.3 Å². The molecule has 0 unspecified atom stereocenters. The molecule has 0 bridgehead atoms. The fraction of sp³-hybridized carbons (Fsp3) is 0. The molecular weight excluding hydrogens is 366 g/mol. The fourth-order valence-electron chi connectivity index (χ4n) is 1.78. The Kier molecular flexibility index (Phi) is 6.04. The summed E-state index contributed by atoms with van der Waals surface area (Å²) in [5.74, 6) is -1.01. The van der Waals surface area contributed by atoms with Gasteiger partial charge in [0.1, 0.15) is 0 Å². The van der Waals surface area contributed by atoms with Crippen LogP contribution >= 0.6 is 23.8 Å². The van der Waals surface area contributed by atoms with Gasteiger partial charge >= 0.3 is 0 Å². The molecule has 0 aliphatic heterocycles. The summed E-state index contributed by atoms with van der Waals surface area (Å²) in [4.78, 5) is 21.9. The summed E-state index contributed by atoms with van der Waals surface area (Å²) in [5, 5.41) is 27.6. The number of carbonyl (C=O) groups excluding carboxylic acids is 1. The van der Waals surface area contributed by atoms with E-state index in [1.165, 1.54) is 6.08 Å². The smallest absolute Gasteiger partial charge is 0.271 e. The zero-order valence-corrected chi connectivity index (χ0v) is 14.1. The maximum atomic E-state index is 11.8. The van der Waals surface area contributed by atoms with Gasteiger partial charge in [-0.3, -0.25) is 20.2 Å². The average molecular weight is 377 g/mol. The van der Waals surface area contributed by atoms with Crippen LogP contribution in [0.4, 0.5) is 11.4 Å². The summed E-state index contributed by atoms with van der Waals surface area (Å²) in [7, 11) is 0. The van der Waals surface area contributed by atoms with Gasteiger partial charge in [0.15, 0.2) is 5.11 Å². The highest BCUT2D eigenvalue weighted by molar-refractivity contribution is 7.80. The first-order valence-electron chi connectivity index (χ1n) is 6.86. The number of hydrogen-bond acceptors (Lipinski definition) is 5. The largest absolute Gasteiger partial charge is 0.871 e. The lowest BCUT2D eigenvalue weighted by molar-refractivity contribution is -0.385. The second-order valence-electron chi connectivity index (χ2n) is 4.77. The van der Waals surface area contributed by atoms with Crippen LogP contribution in [-0.2, 0) is 4.79 Å². The number of hydrogen-bond donors (Lipinski definition) is 2. The predicted molar refractivity (Wildman–Crippen MR) is 97.4 cm³/mol. The van der Waals surface area contributed by atoms with Gasteiger partial charge in [-0.05, 0) is 36.0 Å². The molecule has 2 rings (SSSR count). The van der Waals surface area contributed by atoms with Crippen LogP contribution in [0.3, 0.4) is 0 Å². The Morgan fingerprint density at radius 3 is 2.52 bits per heavy atom. The van der Waals surface area contributed by atoms with Crippen molar-refractivity contribution in [1.82, 2.24) is 5.32 Å². The van der Waals surface area contributed by atoms with E-state index in [4.69, 9.17) is 23.8 Å². The van der Waals surface area contributed by atoms with Gasteiger partial charge in [0.2, 0.25) is 5.91 Å². The van der Waals surface area contributed by atoms with E-state index in [1.807, 2.05) is 0 Å². The number of amides is 1. The van der Waals surface area contributed by atoms with Crippen LogP contribution in [0.15, 0.2) is 48.5 Å². The van der Waals surface area contributed by atoms with E-state index in [-0.39, 0.29) is 16.5 Å². The van der Waals surface area contributed by atoms with Gasteiger partial charge in [-0.2, -0.15) is 0 Å². The van der Waals surface area contributed by atoms with E-state index in [0.29, 0.717) is 5.02 Å². The Balaban J connectivity index is 1.97. The van der Waals surface area contributed by atoms with Crippen LogP contribution in [0.25, 0.3) is 6.08 Å². The number of non-ortho nitro benzene ring substituents is 1. The molecule has 2 aromatic carbocycles. The minimum Gasteiger partial charge on any atom is -0.871 e. The first-order valence-corrected chi connectivity index (χ1v) is 7.65. The molecule has 7 nitrogen and oxygen atoms in total. The van der Waals surface area contributed by atoms with Gasteiger partial charge in [0.05, 0.1) is 4.92 Å². The number of anilines is 1. The zero-order chi connectivity index (χ0) is 18.4. The van der Waals surface area contributed by atoms with E-state index >= 15 is 0 Å². The first-order chi connectivity index (χ1) is 11.8. The molecule has 2 N–H and O–H groups in total. The number of nitro groups is 1. The standard InChI is InChI=1S/C16H12ClN3O4S/c17-11-4-1-10(2-5-11)3-8-15(22)19-16(25)18-13-9-12(20(23)24)6-7-14(13)21/h1-9,21H,(H2,18,19,22,25)/p-1/b8-3+. The number of nitrogens with one attached hydrogen (secondary N) is 2. The molecule has 0 atom stereocenters. The van der Waals surface area contributed by atoms with Crippen molar-refractivity contribution < 1.29 is 14.8 Å². The maximum Gasteiger partial charge on any atom is 0.271 e. The third-order valence-corrected chi connectivity index (χ3v) is 3.41. The predicted octanol–water partition coefficient (Wildman–Crippen LogP) is 2.85. The van der Waals surface area contributed by atoms with Crippen molar-refractivity contribution in [2.45, 2.75) is 0 Å². The van der Waals surface area contributed by atoms with Crippen molar-refractivity contribution in [3.63, 3.8) is 0 Å². The van der Waals surface area contributed by atoms with Crippen molar-refractivity contribution in [1.29, 1.82) is 0 Å². The van der Waals surface area contributed by atoms with Crippen LogP contribution in [0.2, 0.25) is 5.02 Å². The van der Waals surface area contributed by atoms with E-state index in [2.05, 4.69) is 10.6 Å². The third-order valence-electron chi connectivity index (χ3n) is 2.96. The maximum absolute atomic E-state index is 11.8. The van der Waals surface area contributed by atoms with Gasteiger partial charge < -0.3 is 10.4 Å². The minimum atomic E-state index is -0.638. The topological polar surface area (TPSA) is 107 Å². The SMILES string of the molecule is O=C(/C=C/c1ccc(Cl)cc1)NC(=S)Nc1cc([N+](=O)[O-])ccc1[O-]. The van der Waals surface area contributed by atoms with Crippen LogP contribution in [0, 0.1) is 10.1 Å². The van der Waals surface area contributed by atoms with Gasteiger partial charge in [-0.1, -0.05) is 35.5 Å². The van der Waals surface area contributed by atoms with E-state index in [1.54, 1.807) is 30.3 Å². The lowest BCUT2D eigenvalue weighted by Crippen LogP contribution is -2.33. The lowest BCUT2D eigenvalue weighted by Gasteiger charge is -2.15. The number of carbonyl (C=O) groups is 1. The monoisotopic (exact) mass is 376 g/mol. The number of halogens is 1. The molecule has 9 heteroatoms. The number of nitrogens with zero attached hydrogens (tertiary/aromatic N) is 1. The minimum absolute atomic E-state index is 0.0961. The highest BCUT2D eigenvalue weighted by atomic mass is 35.5. The first kappa shape index (κ1) is 18.4. The Morgan fingerprint density at radius 1 is 1.20 bits per heavy atom. The van der Waals surface area contributed by atoms with Gasteiger partial charge in [0.25, 0.3) is 5.69 Å². The molecule has 0 aromatic heterocycles. The summed E-state index contributed by atoms with van der Waals surface area (Å²) in [6.07, 6.45) is 2.81. The van der Waals surface area contributed by atoms with Crippen molar-refractivity contribution in [2.24, 2.45) is 0 Å². The normalized spacial score (nSPS) is 10.4. The molecule has 0 fully saturated rings. The quantitative estimate of drug-likeness (QED) is 0.367. The van der Waals surface area contributed by atoms with Gasteiger partial charge in [-0.15, -0.1) is 0 Å². The molecule has 128 valence electrons. The second kappa shape index (κ2) is 8.22. The molecule has 0 aliphatic carbocycles. The van der Waals surface area contributed by atoms with E-state index in [0.717, 1.165) is 23.8 Å². The number of benzene rings is 2. The molecule has 0 saturated heterocycles. The molecule has 0 radical (unpaired) electrons. The average Bonchev–Trinajstić information content (AvgIpc) is 2.56. The lowest BCUT2D eigenvalue weighted by atomic mass is 10.2. The van der Waals surface area contributed by atoms with E-state index < -0.39 is 16.6 Å². The Labute approximate surface area is 153 Å². The molecule has 0 heterocycles. The molecule has 0 aliphatic rings. The van der Waals surface area contributed by atoms with Crippen LogP contribution in [0.5, 0.6) is 5.75 Å². The number of thiocarbonyl (C=S) groups is 1. The molecule has 0 spiro atoms. The summed E-state index contributed by atoms with van der Waals surface area (Å²) in [6.45, 7) is 0. The second-order valence-corrected chi connectivity index (χ2v) is 5.61. The van der Waals surface area contributed by atoms with Crippen molar-refractivity contribution in [2.75, 3.05) is 5.32 Å². The number of rotatable bonds is 4. The van der Waals surface area contributed by atoms with E-state index in [9.17, 15) is 20.0 Å². The Morgan fingerprint density at radius 2 is 1.88 bits per heavy atom. The molecule has 2 aromatic rings. The number of nitro benzene ring substituents is 1. The zero-order valence-electron chi connectivity index (χ0n) is 12.6. The van der Waals surface area contributed by atoms with Crippen molar-refractivity contribution in [3.8, 4) is 5.75 Å². The third kappa shape index (κ3) is 5.55. The summed E-state index contributed by atoms with van der Waals surface area (Å²) >= 11 is 10.7. The Bertz CT molecular complexity index is 853. The highest BCUT2D eigenvalue weighted by Gasteiger charge is 2.08. The summed E-state index contributed by atoms with van der Waals surface area (Å²) in [6, 6.07) is 10.0. The summed E-state index contributed by atoms with van der Waals surface area (Å²) < 4.78 is 0. The molecule has 1 amide bonds. The van der Waals surface area contributed by atoms with Crippen LogP contribution in [-0.4, -0.2) is 15.9 Å². The van der Waals surface area contributed by atoms with Gasteiger partial charge in [0, 0.05) is 28.9 Å². The Hall–Kier alpha value is -2.97. The molecular formula is C16H11ClN3O4S-. The van der Waals surface area contributed by atoms with Crippen LogP contribution in [0.1, 0.15) is 5.56 Å². The summed E-state index contributed by atoms with van der Waals surface area (Å²) in [5.41, 5.74) is 0.402. The van der Waals surface area contributed by atoms with Crippen molar-refractivity contribution in [3.05, 3.63) is 69.2 Å². The molecule has 0 saturated carbocycles. The highest BCUT2D eigenvalue weighted by Crippen LogP contribution is 2.25. The fourth-order valence-corrected chi connectivity index (χ4v) is 2.12. The molecule has 25 heavy (non-hydrogen) atoms. The van der Waals surface area contributed by atoms with Crippen LogP contribution < -0.4 is 15.7 Å².